The largest absolute Gasteiger partial charge is 0.322 e. The first-order valence-electron chi connectivity index (χ1n) is 6.54. The van der Waals surface area contributed by atoms with Crippen LogP contribution in [0.25, 0.3) is 11.0 Å². The Balaban J connectivity index is 1.85. The Morgan fingerprint density at radius 2 is 1.90 bits per heavy atom. The van der Waals surface area contributed by atoms with E-state index in [-0.39, 0.29) is 11.1 Å². The highest BCUT2D eigenvalue weighted by Crippen LogP contribution is 2.20. The van der Waals surface area contributed by atoms with Gasteiger partial charge in [0.1, 0.15) is 5.82 Å². The van der Waals surface area contributed by atoms with Gasteiger partial charge in [-0.15, -0.1) is 0 Å². The van der Waals surface area contributed by atoms with Crippen LogP contribution >= 0.6 is 11.6 Å². The highest BCUT2D eigenvalue weighted by atomic mass is 35.5. The maximum atomic E-state index is 13.1. The summed E-state index contributed by atoms with van der Waals surface area (Å²) in [6.07, 6.45) is 2.20. The number of hydrogen-bond donors (Lipinski definition) is 1. The van der Waals surface area contributed by atoms with Crippen LogP contribution < -0.4 is 5.73 Å². The van der Waals surface area contributed by atoms with Crippen molar-refractivity contribution in [2.45, 2.75) is 12.5 Å². The maximum Gasteiger partial charge on any atom is 0.141 e. The summed E-state index contributed by atoms with van der Waals surface area (Å²) in [5.41, 5.74) is 9.37. The Kier molecular flexibility index (Phi) is 3.82. The standard InChI is InChI=1S/C16H13ClFN3/c17-11-7-10(5-6-12(11)18)8-13(19)16-9-20-14-3-1-2-4-15(14)21-16/h1-7,9,13H,8,19H2. The number of nitrogens with zero attached hydrogens (tertiary/aromatic N) is 2. The van der Waals surface area contributed by atoms with Gasteiger partial charge in [0.25, 0.3) is 0 Å². The quantitative estimate of drug-likeness (QED) is 0.803. The van der Waals surface area contributed by atoms with Crippen LogP contribution in [0.4, 0.5) is 4.39 Å². The van der Waals surface area contributed by atoms with E-state index in [1.165, 1.54) is 6.07 Å². The molecule has 1 aromatic heterocycles. The second-order valence-electron chi connectivity index (χ2n) is 4.84. The molecule has 1 heterocycles. The minimum atomic E-state index is -0.431. The first-order chi connectivity index (χ1) is 10.1. The Bertz CT molecular complexity index is 791. The van der Waals surface area contributed by atoms with Gasteiger partial charge in [0.2, 0.25) is 0 Å². The highest BCUT2D eigenvalue weighted by molar-refractivity contribution is 6.30. The van der Waals surface area contributed by atoms with E-state index in [1.54, 1.807) is 18.3 Å². The van der Waals surface area contributed by atoms with Gasteiger partial charge in [-0.05, 0) is 36.2 Å². The average Bonchev–Trinajstić information content (AvgIpc) is 2.50. The molecular weight excluding hydrogens is 289 g/mol. The Morgan fingerprint density at radius 3 is 2.67 bits per heavy atom. The van der Waals surface area contributed by atoms with Crippen LogP contribution in [0.1, 0.15) is 17.3 Å². The van der Waals surface area contributed by atoms with Gasteiger partial charge in [0.15, 0.2) is 0 Å². The van der Waals surface area contributed by atoms with Gasteiger partial charge in [-0.1, -0.05) is 29.8 Å². The fraction of sp³-hybridized carbons (Fsp3) is 0.125. The van der Waals surface area contributed by atoms with Crippen LogP contribution in [0.15, 0.2) is 48.7 Å². The predicted octanol–water partition coefficient (Wildman–Crippen LogP) is 3.66. The zero-order chi connectivity index (χ0) is 14.8. The third-order valence-corrected chi connectivity index (χ3v) is 3.58. The molecule has 2 aromatic carbocycles. The molecule has 0 aliphatic rings. The smallest absolute Gasteiger partial charge is 0.141 e. The molecule has 3 rings (SSSR count). The number of fused-ring (bicyclic) bond motifs is 1. The van der Waals surface area contributed by atoms with E-state index in [0.29, 0.717) is 12.1 Å². The lowest BCUT2D eigenvalue weighted by atomic mass is 10.0. The van der Waals surface area contributed by atoms with Crippen LogP contribution in [-0.4, -0.2) is 9.97 Å². The summed E-state index contributed by atoms with van der Waals surface area (Å²) in [4.78, 5) is 8.86. The molecule has 3 aromatic rings. The Labute approximate surface area is 126 Å². The molecule has 2 N–H and O–H groups in total. The number of rotatable bonds is 3. The lowest BCUT2D eigenvalue weighted by molar-refractivity contribution is 0.625. The molecule has 0 amide bonds. The number of benzene rings is 2. The molecule has 0 saturated heterocycles. The molecule has 0 saturated carbocycles. The first kappa shape index (κ1) is 13.9. The zero-order valence-corrected chi connectivity index (χ0v) is 11.9. The SMILES string of the molecule is NC(Cc1ccc(F)c(Cl)c1)c1cnc2ccccc2n1. The lowest BCUT2D eigenvalue weighted by Crippen LogP contribution is -2.15. The van der Waals surface area contributed by atoms with Gasteiger partial charge in [-0.2, -0.15) is 0 Å². The van der Waals surface area contributed by atoms with Gasteiger partial charge in [-0.3, -0.25) is 4.98 Å². The summed E-state index contributed by atoms with van der Waals surface area (Å²) in [5, 5.41) is 0.101. The lowest BCUT2D eigenvalue weighted by Gasteiger charge is -2.12. The van der Waals surface area contributed by atoms with Crippen molar-refractivity contribution < 1.29 is 4.39 Å². The fourth-order valence-electron chi connectivity index (χ4n) is 2.18. The van der Waals surface area contributed by atoms with Crippen LogP contribution in [0.3, 0.4) is 0 Å². The summed E-state index contributed by atoms with van der Waals surface area (Å²) in [6, 6.07) is 11.9. The van der Waals surface area contributed by atoms with E-state index in [1.807, 2.05) is 24.3 Å². The number of aromatic nitrogens is 2. The monoisotopic (exact) mass is 301 g/mol. The van der Waals surface area contributed by atoms with Crippen molar-refractivity contribution in [2.24, 2.45) is 5.73 Å². The van der Waals surface area contributed by atoms with Gasteiger partial charge in [-0.25, -0.2) is 9.37 Å². The predicted molar refractivity (Wildman–Crippen MR) is 81.6 cm³/mol. The van der Waals surface area contributed by atoms with Gasteiger partial charge >= 0.3 is 0 Å². The van der Waals surface area contributed by atoms with E-state index in [9.17, 15) is 4.39 Å². The summed E-state index contributed by atoms with van der Waals surface area (Å²) in [7, 11) is 0. The van der Waals surface area contributed by atoms with E-state index in [2.05, 4.69) is 9.97 Å². The fourth-order valence-corrected chi connectivity index (χ4v) is 2.38. The molecule has 106 valence electrons. The summed E-state index contributed by atoms with van der Waals surface area (Å²) < 4.78 is 13.1. The van der Waals surface area contributed by atoms with Crippen molar-refractivity contribution in [3.63, 3.8) is 0 Å². The van der Waals surface area contributed by atoms with Crippen molar-refractivity contribution in [3.05, 3.63) is 70.8 Å². The van der Waals surface area contributed by atoms with Crippen LogP contribution in [0.2, 0.25) is 5.02 Å². The minimum Gasteiger partial charge on any atom is -0.322 e. The molecule has 5 heteroatoms. The second-order valence-corrected chi connectivity index (χ2v) is 5.25. The van der Waals surface area contributed by atoms with Gasteiger partial charge in [0, 0.05) is 0 Å². The Morgan fingerprint density at radius 1 is 1.14 bits per heavy atom. The topological polar surface area (TPSA) is 51.8 Å². The average molecular weight is 302 g/mol. The van der Waals surface area contributed by atoms with Crippen molar-refractivity contribution in [1.29, 1.82) is 0 Å². The molecule has 1 atom stereocenters. The third-order valence-electron chi connectivity index (χ3n) is 3.29. The van der Waals surface area contributed by atoms with Crippen LogP contribution in [0, 0.1) is 5.82 Å². The molecule has 0 aliphatic heterocycles. The molecule has 0 aliphatic carbocycles. The van der Waals surface area contributed by atoms with Gasteiger partial charge in [0.05, 0.1) is 34.0 Å². The van der Waals surface area contributed by atoms with E-state index < -0.39 is 5.82 Å². The van der Waals surface area contributed by atoms with Crippen molar-refractivity contribution in [2.75, 3.05) is 0 Å². The number of para-hydroxylation sites is 2. The second kappa shape index (κ2) is 5.76. The van der Waals surface area contributed by atoms with Crippen LogP contribution in [-0.2, 0) is 6.42 Å². The van der Waals surface area contributed by atoms with E-state index >= 15 is 0 Å². The molecular formula is C16H13ClFN3. The number of halogens is 2. The minimum absolute atomic E-state index is 0.101. The maximum absolute atomic E-state index is 13.1. The highest BCUT2D eigenvalue weighted by Gasteiger charge is 2.11. The zero-order valence-electron chi connectivity index (χ0n) is 11.1. The van der Waals surface area contributed by atoms with Crippen molar-refractivity contribution in [1.82, 2.24) is 9.97 Å². The van der Waals surface area contributed by atoms with E-state index in [0.717, 1.165) is 16.6 Å². The molecule has 3 nitrogen and oxygen atoms in total. The molecule has 0 spiro atoms. The molecule has 0 fully saturated rings. The molecule has 1 unspecified atom stereocenters. The van der Waals surface area contributed by atoms with Crippen molar-refractivity contribution >= 4 is 22.6 Å². The summed E-state index contributed by atoms with van der Waals surface area (Å²) in [6.45, 7) is 0. The summed E-state index contributed by atoms with van der Waals surface area (Å²) in [5.74, 6) is -0.431. The number of nitrogens with two attached hydrogens (primary N) is 1. The number of hydrogen-bond acceptors (Lipinski definition) is 3. The van der Waals surface area contributed by atoms with Crippen molar-refractivity contribution in [3.8, 4) is 0 Å². The van der Waals surface area contributed by atoms with E-state index in [4.69, 9.17) is 17.3 Å². The van der Waals surface area contributed by atoms with Gasteiger partial charge < -0.3 is 5.73 Å². The molecule has 21 heavy (non-hydrogen) atoms. The third kappa shape index (κ3) is 3.01. The normalized spacial score (nSPS) is 12.5. The molecule has 0 bridgehead atoms. The van der Waals surface area contributed by atoms with Crippen LogP contribution in [0.5, 0.6) is 0 Å². The first-order valence-corrected chi connectivity index (χ1v) is 6.92. The summed E-state index contributed by atoms with van der Waals surface area (Å²) >= 11 is 5.78. The Hall–Kier alpha value is -2.04. The molecule has 0 radical (unpaired) electrons.